The molecule has 2 N–H and O–H groups in total. The number of benzene rings is 1. The summed E-state index contributed by atoms with van der Waals surface area (Å²) in [4.78, 5) is 10.9. The Labute approximate surface area is 102 Å². The van der Waals surface area contributed by atoms with Gasteiger partial charge in [0.15, 0.2) is 5.76 Å². The van der Waals surface area contributed by atoms with E-state index in [9.17, 15) is 4.79 Å². The van der Waals surface area contributed by atoms with E-state index in [1.54, 1.807) is 24.3 Å². The Bertz CT molecular complexity index is 549. The molecular weight excluding hydrogens is 249 g/mol. The van der Waals surface area contributed by atoms with Crippen LogP contribution in [0, 0.1) is 0 Å². The smallest absolute Gasteiger partial charge is 0.284 e. The van der Waals surface area contributed by atoms with Crippen LogP contribution in [0.1, 0.15) is 10.6 Å². The minimum atomic E-state index is -0.615. The SMILES string of the molecule is NC(=O)c1ccc(-c2ccc(Cl)cc2Cl)o1. The maximum absolute atomic E-state index is 10.9. The lowest BCUT2D eigenvalue weighted by Gasteiger charge is -2.00. The number of amides is 1. The Hall–Kier alpha value is -1.45. The molecule has 0 saturated heterocycles. The van der Waals surface area contributed by atoms with Gasteiger partial charge in [-0.2, -0.15) is 0 Å². The third kappa shape index (κ3) is 2.05. The molecule has 0 aliphatic carbocycles. The Morgan fingerprint density at radius 3 is 2.50 bits per heavy atom. The molecule has 1 amide bonds. The quantitative estimate of drug-likeness (QED) is 0.895. The molecule has 0 radical (unpaired) electrons. The van der Waals surface area contributed by atoms with Gasteiger partial charge in [-0.1, -0.05) is 23.2 Å². The van der Waals surface area contributed by atoms with Gasteiger partial charge < -0.3 is 10.2 Å². The first-order valence-corrected chi connectivity index (χ1v) is 5.18. The fraction of sp³-hybridized carbons (Fsp3) is 0. The molecule has 0 aliphatic heterocycles. The van der Waals surface area contributed by atoms with Crippen molar-refractivity contribution < 1.29 is 9.21 Å². The van der Waals surface area contributed by atoms with E-state index in [1.807, 2.05) is 0 Å². The van der Waals surface area contributed by atoms with Gasteiger partial charge in [0, 0.05) is 10.6 Å². The molecule has 2 aromatic rings. The maximum Gasteiger partial charge on any atom is 0.284 e. The van der Waals surface area contributed by atoms with Gasteiger partial charge in [0.1, 0.15) is 5.76 Å². The van der Waals surface area contributed by atoms with Crippen molar-refractivity contribution in [1.82, 2.24) is 0 Å². The number of carbonyl (C=O) groups excluding carboxylic acids is 1. The molecule has 1 aromatic heterocycles. The van der Waals surface area contributed by atoms with E-state index >= 15 is 0 Å². The van der Waals surface area contributed by atoms with Crippen LogP contribution in [0.3, 0.4) is 0 Å². The summed E-state index contributed by atoms with van der Waals surface area (Å²) in [6.07, 6.45) is 0. The van der Waals surface area contributed by atoms with Crippen molar-refractivity contribution in [2.45, 2.75) is 0 Å². The van der Waals surface area contributed by atoms with Crippen LogP contribution in [0.15, 0.2) is 34.7 Å². The van der Waals surface area contributed by atoms with Gasteiger partial charge in [0.25, 0.3) is 5.91 Å². The zero-order chi connectivity index (χ0) is 11.7. The van der Waals surface area contributed by atoms with Crippen molar-refractivity contribution >= 4 is 29.1 Å². The predicted octanol–water partition coefficient (Wildman–Crippen LogP) is 3.35. The summed E-state index contributed by atoms with van der Waals surface area (Å²) in [6.45, 7) is 0. The van der Waals surface area contributed by atoms with Crippen LogP contribution in [0.4, 0.5) is 0 Å². The Morgan fingerprint density at radius 2 is 1.94 bits per heavy atom. The molecule has 0 atom stereocenters. The molecule has 2 rings (SSSR count). The van der Waals surface area contributed by atoms with Gasteiger partial charge in [-0.15, -0.1) is 0 Å². The van der Waals surface area contributed by atoms with Gasteiger partial charge >= 0.3 is 0 Å². The molecule has 5 heteroatoms. The topological polar surface area (TPSA) is 56.2 Å². The van der Waals surface area contributed by atoms with Gasteiger partial charge in [-0.05, 0) is 30.3 Å². The van der Waals surface area contributed by atoms with Gasteiger partial charge in [0.2, 0.25) is 0 Å². The summed E-state index contributed by atoms with van der Waals surface area (Å²) in [6, 6.07) is 8.15. The number of hydrogen-bond acceptors (Lipinski definition) is 2. The zero-order valence-electron chi connectivity index (χ0n) is 8.04. The third-order valence-electron chi connectivity index (χ3n) is 2.05. The molecule has 3 nitrogen and oxygen atoms in total. The first-order chi connectivity index (χ1) is 7.58. The normalized spacial score (nSPS) is 10.4. The predicted molar refractivity (Wildman–Crippen MR) is 62.7 cm³/mol. The standard InChI is InChI=1S/C11H7Cl2NO2/c12-6-1-2-7(8(13)5-6)9-3-4-10(16-9)11(14)15/h1-5H,(H2,14,15). The summed E-state index contributed by atoms with van der Waals surface area (Å²) in [7, 11) is 0. The lowest BCUT2D eigenvalue weighted by atomic mass is 10.2. The van der Waals surface area contributed by atoms with E-state index in [2.05, 4.69) is 0 Å². The highest BCUT2D eigenvalue weighted by atomic mass is 35.5. The van der Waals surface area contributed by atoms with Crippen LogP contribution < -0.4 is 5.73 Å². The second-order valence-electron chi connectivity index (χ2n) is 3.15. The van der Waals surface area contributed by atoms with E-state index in [0.29, 0.717) is 21.4 Å². The molecule has 16 heavy (non-hydrogen) atoms. The lowest BCUT2D eigenvalue weighted by Crippen LogP contribution is -2.09. The number of halogens is 2. The number of rotatable bonds is 2. The van der Waals surface area contributed by atoms with E-state index in [0.717, 1.165) is 0 Å². The fourth-order valence-electron chi connectivity index (χ4n) is 1.30. The Morgan fingerprint density at radius 1 is 1.19 bits per heavy atom. The lowest BCUT2D eigenvalue weighted by molar-refractivity contribution is 0.0974. The third-order valence-corrected chi connectivity index (χ3v) is 2.59. The number of carbonyl (C=O) groups is 1. The number of hydrogen-bond donors (Lipinski definition) is 1. The van der Waals surface area contributed by atoms with Gasteiger partial charge in [0.05, 0.1) is 5.02 Å². The molecule has 0 aliphatic rings. The van der Waals surface area contributed by atoms with Gasteiger partial charge in [-0.25, -0.2) is 0 Å². The molecule has 1 aromatic carbocycles. The number of primary amides is 1. The van der Waals surface area contributed by atoms with Crippen LogP contribution in [0.2, 0.25) is 10.0 Å². The van der Waals surface area contributed by atoms with E-state index in [-0.39, 0.29) is 5.76 Å². The Balaban J connectivity index is 2.46. The Kier molecular flexibility index (Phi) is 2.90. The van der Waals surface area contributed by atoms with Crippen molar-refractivity contribution in [2.75, 3.05) is 0 Å². The fourth-order valence-corrected chi connectivity index (χ4v) is 1.81. The molecule has 0 fully saturated rings. The van der Waals surface area contributed by atoms with E-state index < -0.39 is 5.91 Å². The summed E-state index contributed by atoms with van der Waals surface area (Å²) in [5, 5.41) is 0.994. The largest absolute Gasteiger partial charge is 0.451 e. The summed E-state index contributed by atoms with van der Waals surface area (Å²) < 4.78 is 5.25. The molecule has 0 spiro atoms. The average Bonchev–Trinajstić information content (AvgIpc) is 2.66. The highest BCUT2D eigenvalue weighted by Crippen LogP contribution is 2.31. The number of furan rings is 1. The molecule has 1 heterocycles. The van der Waals surface area contributed by atoms with Crippen LogP contribution in [0.5, 0.6) is 0 Å². The van der Waals surface area contributed by atoms with Crippen molar-refractivity contribution in [2.24, 2.45) is 5.73 Å². The number of nitrogens with two attached hydrogens (primary N) is 1. The molecule has 0 bridgehead atoms. The van der Waals surface area contributed by atoms with Crippen LogP contribution in [-0.2, 0) is 0 Å². The van der Waals surface area contributed by atoms with Crippen LogP contribution >= 0.6 is 23.2 Å². The molecule has 0 unspecified atom stereocenters. The zero-order valence-corrected chi connectivity index (χ0v) is 9.55. The summed E-state index contributed by atoms with van der Waals surface area (Å²) in [5.41, 5.74) is 5.75. The highest BCUT2D eigenvalue weighted by molar-refractivity contribution is 6.36. The molecule has 0 saturated carbocycles. The van der Waals surface area contributed by atoms with E-state index in [4.69, 9.17) is 33.4 Å². The van der Waals surface area contributed by atoms with Crippen LogP contribution in [0.25, 0.3) is 11.3 Å². The van der Waals surface area contributed by atoms with Crippen molar-refractivity contribution in [3.8, 4) is 11.3 Å². The van der Waals surface area contributed by atoms with E-state index in [1.165, 1.54) is 6.07 Å². The molecular formula is C11H7Cl2NO2. The van der Waals surface area contributed by atoms with Crippen LogP contribution in [-0.4, -0.2) is 5.91 Å². The highest BCUT2D eigenvalue weighted by Gasteiger charge is 2.11. The summed E-state index contributed by atoms with van der Waals surface area (Å²) >= 11 is 11.8. The molecule has 82 valence electrons. The van der Waals surface area contributed by atoms with Crippen molar-refractivity contribution in [1.29, 1.82) is 0 Å². The minimum absolute atomic E-state index is 0.0982. The minimum Gasteiger partial charge on any atom is -0.451 e. The second kappa shape index (κ2) is 4.20. The first kappa shape index (κ1) is 11.0. The van der Waals surface area contributed by atoms with Crippen molar-refractivity contribution in [3.05, 3.63) is 46.1 Å². The average molecular weight is 256 g/mol. The first-order valence-electron chi connectivity index (χ1n) is 4.43. The van der Waals surface area contributed by atoms with Gasteiger partial charge in [-0.3, -0.25) is 4.79 Å². The maximum atomic E-state index is 10.9. The summed E-state index contributed by atoms with van der Waals surface area (Å²) in [5.74, 6) is -0.0344. The monoisotopic (exact) mass is 255 g/mol. The van der Waals surface area contributed by atoms with Crippen molar-refractivity contribution in [3.63, 3.8) is 0 Å². The second-order valence-corrected chi connectivity index (χ2v) is 4.00.